The van der Waals surface area contributed by atoms with Gasteiger partial charge in [-0.25, -0.2) is 9.97 Å². The number of fused-ring (bicyclic) bond motifs is 15. The smallest absolute Gasteiger partial charge is 0.160 e. The lowest BCUT2D eigenvalue weighted by Gasteiger charge is -2.39. The average molecular weight is 769 g/mol. The van der Waals surface area contributed by atoms with E-state index in [0.717, 1.165) is 71.6 Å². The summed E-state index contributed by atoms with van der Waals surface area (Å²) in [5.74, 6) is 2.53. The second-order valence-corrected chi connectivity index (χ2v) is 16.6. The van der Waals surface area contributed by atoms with Gasteiger partial charge in [-0.3, -0.25) is 0 Å². The van der Waals surface area contributed by atoms with Gasteiger partial charge in [-0.15, -0.1) is 11.3 Å². The number of hydrogen-bond donors (Lipinski definition) is 0. The lowest BCUT2D eigenvalue weighted by molar-refractivity contribution is 0.441. The van der Waals surface area contributed by atoms with Gasteiger partial charge >= 0.3 is 0 Å². The molecule has 1 atom stereocenters. The van der Waals surface area contributed by atoms with Crippen LogP contribution < -0.4 is 4.74 Å². The van der Waals surface area contributed by atoms with Gasteiger partial charge in [0.2, 0.25) is 0 Å². The zero-order valence-corrected chi connectivity index (χ0v) is 32.5. The predicted molar refractivity (Wildman–Crippen MR) is 244 cm³/mol. The number of rotatable bonds is 3. The topological polar surface area (TPSA) is 35.0 Å². The lowest BCUT2D eigenvalue weighted by Crippen LogP contribution is -2.32. The van der Waals surface area contributed by atoms with Crippen molar-refractivity contribution in [3.63, 3.8) is 0 Å². The summed E-state index contributed by atoms with van der Waals surface area (Å²) in [4.78, 5) is 10.8. The molecule has 274 valence electrons. The van der Waals surface area contributed by atoms with Crippen molar-refractivity contribution in [2.24, 2.45) is 0 Å². The van der Waals surface area contributed by atoms with E-state index >= 15 is 0 Å². The van der Waals surface area contributed by atoms with Crippen LogP contribution in [-0.2, 0) is 5.41 Å². The highest BCUT2D eigenvalue weighted by Gasteiger charge is 2.51. The molecule has 1 unspecified atom stereocenters. The van der Waals surface area contributed by atoms with Gasteiger partial charge in [0.05, 0.1) is 21.3 Å². The van der Waals surface area contributed by atoms with E-state index in [1.165, 1.54) is 48.9 Å². The summed E-state index contributed by atoms with van der Waals surface area (Å²) in [5, 5.41) is 5.91. The van der Waals surface area contributed by atoms with Crippen LogP contribution in [0, 0.1) is 0 Å². The zero-order valence-electron chi connectivity index (χ0n) is 31.7. The minimum absolute atomic E-state index is 0.561. The monoisotopic (exact) mass is 768 g/mol. The van der Waals surface area contributed by atoms with Crippen molar-refractivity contribution in [1.82, 2.24) is 9.97 Å². The molecule has 3 nitrogen and oxygen atoms in total. The maximum atomic E-state index is 6.87. The fraction of sp³-hybridized carbons (Fsp3) is 0.0182. The van der Waals surface area contributed by atoms with E-state index in [9.17, 15) is 0 Å². The highest BCUT2D eigenvalue weighted by atomic mass is 32.1. The molecule has 1 aliphatic heterocycles. The maximum Gasteiger partial charge on any atom is 0.160 e. The molecule has 0 bridgehead atoms. The molecule has 2 aromatic heterocycles. The second kappa shape index (κ2) is 12.3. The Labute approximate surface area is 344 Å². The van der Waals surface area contributed by atoms with Crippen molar-refractivity contribution in [3.8, 4) is 56.4 Å². The summed E-state index contributed by atoms with van der Waals surface area (Å²) in [6.07, 6.45) is 0. The Morgan fingerprint density at radius 1 is 0.424 bits per heavy atom. The van der Waals surface area contributed by atoms with Crippen LogP contribution in [0.4, 0.5) is 0 Å². The quantitative estimate of drug-likeness (QED) is 0.180. The van der Waals surface area contributed by atoms with Crippen molar-refractivity contribution in [2.75, 3.05) is 0 Å². The van der Waals surface area contributed by atoms with E-state index in [1.807, 2.05) is 0 Å². The third-order valence-corrected chi connectivity index (χ3v) is 13.7. The van der Waals surface area contributed by atoms with Crippen molar-refractivity contribution in [2.45, 2.75) is 5.41 Å². The molecule has 9 aromatic carbocycles. The molecule has 3 heterocycles. The lowest BCUT2D eigenvalue weighted by atomic mass is 9.65. The first-order chi connectivity index (χ1) is 29.2. The Morgan fingerprint density at radius 2 is 1.05 bits per heavy atom. The molecule has 0 radical (unpaired) electrons. The van der Waals surface area contributed by atoms with Gasteiger partial charge in [0.15, 0.2) is 5.82 Å². The molecule has 11 aromatic rings. The molecule has 2 aliphatic rings. The fourth-order valence-electron chi connectivity index (χ4n) is 9.97. The first kappa shape index (κ1) is 32.7. The molecule has 0 amide bonds. The van der Waals surface area contributed by atoms with Gasteiger partial charge in [0, 0.05) is 37.7 Å². The van der Waals surface area contributed by atoms with Crippen molar-refractivity contribution in [1.29, 1.82) is 0 Å². The predicted octanol–water partition coefficient (Wildman–Crippen LogP) is 14.6. The van der Waals surface area contributed by atoms with Crippen LogP contribution in [0.2, 0.25) is 0 Å². The third-order valence-electron chi connectivity index (χ3n) is 12.6. The SMILES string of the molecule is c1ccc2c(c1)Oc1c(ccc3ccccc13)C21c2ccccc2-c2cc(-c3nc(-c4ccc(-c5cccc6ccccc56)cc4)nc4c3sc3ccccc34)ccc21. The molecule has 59 heavy (non-hydrogen) atoms. The Bertz CT molecular complexity index is 3540. The van der Waals surface area contributed by atoms with Crippen LogP contribution in [0.5, 0.6) is 11.5 Å². The Hall–Kier alpha value is -7.40. The number of para-hydroxylation sites is 1. The minimum Gasteiger partial charge on any atom is -0.456 e. The molecule has 0 fully saturated rings. The van der Waals surface area contributed by atoms with E-state index in [4.69, 9.17) is 14.7 Å². The maximum absolute atomic E-state index is 6.87. The van der Waals surface area contributed by atoms with E-state index in [0.29, 0.717) is 0 Å². The van der Waals surface area contributed by atoms with Crippen LogP contribution in [0.1, 0.15) is 22.3 Å². The molecule has 13 rings (SSSR count). The zero-order chi connectivity index (χ0) is 38.7. The Kier molecular flexibility index (Phi) is 6.81. The molecule has 1 spiro atoms. The average Bonchev–Trinajstić information content (AvgIpc) is 3.82. The summed E-state index contributed by atoms with van der Waals surface area (Å²) in [5.41, 5.74) is 13.1. The van der Waals surface area contributed by atoms with Crippen molar-refractivity contribution >= 4 is 53.2 Å². The van der Waals surface area contributed by atoms with E-state index < -0.39 is 5.41 Å². The summed E-state index contributed by atoms with van der Waals surface area (Å²) in [6.45, 7) is 0. The highest BCUT2D eigenvalue weighted by Crippen LogP contribution is 2.63. The number of nitrogens with zero attached hydrogens (tertiary/aromatic N) is 2. The van der Waals surface area contributed by atoms with Crippen LogP contribution in [0.15, 0.2) is 194 Å². The van der Waals surface area contributed by atoms with Gasteiger partial charge < -0.3 is 4.74 Å². The fourth-order valence-corrected chi connectivity index (χ4v) is 11.1. The van der Waals surface area contributed by atoms with Gasteiger partial charge in [-0.1, -0.05) is 176 Å². The molecule has 0 N–H and O–H groups in total. The standard InChI is InChI=1S/C55H32N2OS/c1-3-15-38-33(12-1)14-11-19-39(38)35-24-26-36(27-25-35)54-56-50(53-51(57-54)42-18-6-10-23-49(42)59-53)37-29-30-45-43(32-37)41-17-5-7-20-44(41)55(45)46-21-8-9-22-48(46)58-52-40-16-4-2-13-34(40)28-31-47(52)55/h1-32H. The second-order valence-electron chi connectivity index (χ2n) is 15.6. The third kappa shape index (κ3) is 4.58. The molecular weight excluding hydrogens is 737 g/mol. The van der Waals surface area contributed by atoms with Crippen LogP contribution in [0.25, 0.3) is 86.7 Å². The van der Waals surface area contributed by atoms with E-state index in [1.54, 1.807) is 11.3 Å². The summed E-state index contributed by atoms with van der Waals surface area (Å²) in [6, 6.07) is 70.0. The number of benzene rings is 9. The molecule has 0 saturated heterocycles. The number of aromatic nitrogens is 2. The summed E-state index contributed by atoms with van der Waals surface area (Å²) in [7, 11) is 0. The van der Waals surface area contributed by atoms with Crippen molar-refractivity contribution in [3.05, 3.63) is 216 Å². The van der Waals surface area contributed by atoms with Crippen LogP contribution in [0.3, 0.4) is 0 Å². The summed E-state index contributed by atoms with van der Waals surface area (Å²) < 4.78 is 9.17. The number of thiophene rings is 1. The van der Waals surface area contributed by atoms with E-state index in [2.05, 4.69) is 194 Å². The van der Waals surface area contributed by atoms with Gasteiger partial charge in [0.25, 0.3) is 0 Å². The van der Waals surface area contributed by atoms with Crippen LogP contribution in [-0.4, -0.2) is 9.97 Å². The van der Waals surface area contributed by atoms with Gasteiger partial charge in [0.1, 0.15) is 11.5 Å². The normalized spacial score (nSPS) is 15.0. The highest BCUT2D eigenvalue weighted by molar-refractivity contribution is 7.26. The Balaban J connectivity index is 1.03. The molecule has 1 aliphatic carbocycles. The Morgan fingerprint density at radius 3 is 1.93 bits per heavy atom. The molecule has 4 heteroatoms. The molecular formula is C55H32N2OS. The molecule has 0 saturated carbocycles. The van der Waals surface area contributed by atoms with Gasteiger partial charge in [-0.2, -0.15) is 0 Å². The minimum atomic E-state index is -0.561. The largest absolute Gasteiger partial charge is 0.456 e. The van der Waals surface area contributed by atoms with Gasteiger partial charge in [-0.05, 0) is 67.7 Å². The van der Waals surface area contributed by atoms with Crippen molar-refractivity contribution < 1.29 is 4.74 Å². The van der Waals surface area contributed by atoms with E-state index in [-0.39, 0.29) is 0 Å². The summed E-state index contributed by atoms with van der Waals surface area (Å²) >= 11 is 1.77. The first-order valence-electron chi connectivity index (χ1n) is 20.1. The number of ether oxygens (including phenoxy) is 1. The van der Waals surface area contributed by atoms with Crippen LogP contribution >= 0.6 is 11.3 Å². The first-order valence-corrected chi connectivity index (χ1v) is 20.9. The number of hydrogen-bond acceptors (Lipinski definition) is 4.